The molecule has 4 heteroatoms. The number of likely N-dealkylation sites (N-methyl/N-ethyl adjacent to an activating group) is 1. The molecule has 0 aromatic rings. The predicted molar refractivity (Wildman–Crippen MR) is 106 cm³/mol. The van der Waals surface area contributed by atoms with E-state index in [1.54, 1.807) is 0 Å². The maximum absolute atomic E-state index is 10.9. The molecule has 1 N–H and O–H groups in total. The number of rotatable bonds is 17. The van der Waals surface area contributed by atoms with Crippen LogP contribution in [0.3, 0.4) is 0 Å². The van der Waals surface area contributed by atoms with Crippen LogP contribution in [0.25, 0.3) is 0 Å². The molecule has 0 saturated carbocycles. The summed E-state index contributed by atoms with van der Waals surface area (Å²) < 4.78 is 6.45. The number of hydrogen-bond acceptors (Lipinski definition) is 2. The summed E-state index contributed by atoms with van der Waals surface area (Å²) in [4.78, 5) is 10.9. The number of carbonyl (C=O) groups is 1. The zero-order chi connectivity index (χ0) is 19.0. The number of hydrogen-bond donors (Lipinski definition) is 1. The summed E-state index contributed by atoms with van der Waals surface area (Å²) in [5, 5.41) is 8.98. The minimum atomic E-state index is -0.794. The smallest absolute Gasteiger partial charge is 0.306 e. The lowest BCUT2D eigenvalue weighted by molar-refractivity contribution is -0.873. The summed E-state index contributed by atoms with van der Waals surface area (Å²) in [5.41, 5.74) is 0. The molecule has 0 heterocycles. The van der Waals surface area contributed by atoms with E-state index < -0.39 is 5.97 Å². The van der Waals surface area contributed by atoms with Crippen molar-refractivity contribution in [3.8, 4) is 0 Å². The lowest BCUT2D eigenvalue weighted by Gasteiger charge is -2.28. The summed E-state index contributed by atoms with van der Waals surface area (Å²) in [6.07, 6.45) is 17.3. The molecule has 0 aliphatic carbocycles. The van der Waals surface area contributed by atoms with Crippen molar-refractivity contribution in [2.24, 2.45) is 0 Å². The Morgan fingerprint density at radius 1 is 0.960 bits per heavy atom. The summed E-state index contributed by atoms with van der Waals surface area (Å²) >= 11 is 0. The summed E-state index contributed by atoms with van der Waals surface area (Å²) in [7, 11) is 6.16. The standard InChI is InChI=1S/C21H41NO3/c1-5-6-7-8-9-10-11-12-13-14-15-16-17-25-20(18-21(23)24)19-22(2,3)4/h15-16,20H,5-14,17-19H2,1-4H3/p+1/b16-15+/t20-/m1/s1. The van der Waals surface area contributed by atoms with Crippen molar-refractivity contribution in [2.45, 2.75) is 83.7 Å². The number of quaternary nitrogens is 1. The van der Waals surface area contributed by atoms with E-state index >= 15 is 0 Å². The monoisotopic (exact) mass is 356 g/mol. The Kier molecular flexibility index (Phi) is 14.9. The lowest BCUT2D eigenvalue weighted by Crippen LogP contribution is -2.43. The van der Waals surface area contributed by atoms with Gasteiger partial charge in [0.1, 0.15) is 12.6 Å². The van der Waals surface area contributed by atoms with E-state index in [9.17, 15) is 4.79 Å². The topological polar surface area (TPSA) is 46.5 Å². The van der Waals surface area contributed by atoms with Crippen LogP contribution in [0.4, 0.5) is 0 Å². The molecule has 0 amide bonds. The minimum Gasteiger partial charge on any atom is -0.481 e. The van der Waals surface area contributed by atoms with Gasteiger partial charge in [0.15, 0.2) is 0 Å². The van der Waals surface area contributed by atoms with Gasteiger partial charge in [-0.3, -0.25) is 4.79 Å². The highest BCUT2D eigenvalue weighted by Crippen LogP contribution is 2.11. The van der Waals surface area contributed by atoms with E-state index in [2.05, 4.69) is 34.1 Å². The molecular formula is C21H42NO3+. The zero-order valence-corrected chi connectivity index (χ0v) is 17.1. The Balaban J connectivity index is 3.63. The Hall–Kier alpha value is -0.870. The van der Waals surface area contributed by atoms with Crippen LogP contribution in [-0.2, 0) is 9.53 Å². The van der Waals surface area contributed by atoms with Crippen LogP contribution in [-0.4, -0.2) is 56.0 Å². The molecular weight excluding hydrogens is 314 g/mol. The van der Waals surface area contributed by atoms with Gasteiger partial charge in [-0.1, -0.05) is 70.4 Å². The van der Waals surface area contributed by atoms with E-state index in [4.69, 9.17) is 9.84 Å². The number of aliphatic carboxylic acids is 1. The van der Waals surface area contributed by atoms with Crippen molar-refractivity contribution >= 4 is 5.97 Å². The fourth-order valence-corrected chi connectivity index (χ4v) is 2.93. The molecule has 0 radical (unpaired) electrons. The first-order chi connectivity index (χ1) is 11.8. The number of nitrogens with zero attached hydrogens (tertiary/aromatic N) is 1. The molecule has 0 aliphatic heterocycles. The molecule has 0 spiro atoms. The third kappa shape index (κ3) is 19.3. The van der Waals surface area contributed by atoms with Crippen LogP contribution in [0.15, 0.2) is 12.2 Å². The maximum atomic E-state index is 10.9. The number of unbranched alkanes of at least 4 members (excludes halogenated alkanes) is 9. The largest absolute Gasteiger partial charge is 0.481 e. The molecule has 0 aromatic carbocycles. The first-order valence-corrected chi connectivity index (χ1v) is 10.1. The highest BCUT2D eigenvalue weighted by atomic mass is 16.5. The molecule has 0 aromatic heterocycles. The average Bonchev–Trinajstić information content (AvgIpc) is 2.49. The Morgan fingerprint density at radius 2 is 1.52 bits per heavy atom. The average molecular weight is 357 g/mol. The minimum absolute atomic E-state index is 0.0710. The van der Waals surface area contributed by atoms with Gasteiger partial charge in [-0.2, -0.15) is 0 Å². The fourth-order valence-electron chi connectivity index (χ4n) is 2.93. The van der Waals surface area contributed by atoms with Gasteiger partial charge in [-0.15, -0.1) is 0 Å². The van der Waals surface area contributed by atoms with Crippen LogP contribution >= 0.6 is 0 Å². The quantitative estimate of drug-likeness (QED) is 0.226. The molecule has 1 atom stereocenters. The number of ether oxygens (including phenoxy) is 1. The van der Waals surface area contributed by atoms with E-state index in [1.165, 1.54) is 57.8 Å². The predicted octanol–water partition coefficient (Wildman–Crippen LogP) is 5.03. The molecule has 25 heavy (non-hydrogen) atoms. The van der Waals surface area contributed by atoms with Gasteiger partial charge in [0, 0.05) is 0 Å². The first-order valence-electron chi connectivity index (χ1n) is 10.1. The van der Waals surface area contributed by atoms with Crippen molar-refractivity contribution in [3.63, 3.8) is 0 Å². The number of carboxylic acids is 1. The Labute approximate surface area is 155 Å². The summed E-state index contributed by atoms with van der Waals surface area (Å²) in [6, 6.07) is 0. The van der Waals surface area contributed by atoms with Gasteiger partial charge in [-0.05, 0) is 12.8 Å². The van der Waals surface area contributed by atoms with Crippen molar-refractivity contribution in [1.82, 2.24) is 0 Å². The number of allylic oxidation sites excluding steroid dienone is 1. The molecule has 0 rings (SSSR count). The molecule has 148 valence electrons. The van der Waals surface area contributed by atoms with Crippen LogP contribution in [0.5, 0.6) is 0 Å². The second-order valence-electron chi connectivity index (χ2n) is 8.11. The van der Waals surface area contributed by atoms with E-state index in [0.29, 0.717) is 17.6 Å². The Bertz CT molecular complexity index is 348. The zero-order valence-electron chi connectivity index (χ0n) is 17.1. The van der Waals surface area contributed by atoms with Crippen molar-refractivity contribution in [1.29, 1.82) is 0 Å². The van der Waals surface area contributed by atoms with Gasteiger partial charge in [0.05, 0.1) is 34.2 Å². The molecule has 0 unspecified atom stereocenters. The van der Waals surface area contributed by atoms with E-state index in [1.807, 2.05) is 6.08 Å². The summed E-state index contributed by atoms with van der Waals surface area (Å²) in [6.45, 7) is 3.47. The fraction of sp³-hybridized carbons (Fsp3) is 0.857. The van der Waals surface area contributed by atoms with Crippen molar-refractivity contribution < 1.29 is 19.1 Å². The molecule has 0 bridgehead atoms. The summed E-state index contributed by atoms with van der Waals surface area (Å²) in [5.74, 6) is -0.794. The highest BCUT2D eigenvalue weighted by molar-refractivity contribution is 5.67. The van der Waals surface area contributed by atoms with E-state index in [0.717, 1.165) is 6.42 Å². The number of carboxylic acid groups (broad SMARTS) is 1. The molecule has 0 fully saturated rings. The van der Waals surface area contributed by atoms with Crippen LogP contribution in [0, 0.1) is 0 Å². The normalized spacial score (nSPS) is 13.4. The van der Waals surface area contributed by atoms with Gasteiger partial charge < -0.3 is 14.3 Å². The van der Waals surface area contributed by atoms with Crippen LogP contribution in [0.2, 0.25) is 0 Å². The van der Waals surface area contributed by atoms with Crippen LogP contribution in [0.1, 0.15) is 77.6 Å². The second kappa shape index (κ2) is 15.4. The molecule has 4 nitrogen and oxygen atoms in total. The van der Waals surface area contributed by atoms with E-state index in [-0.39, 0.29) is 12.5 Å². The third-order valence-electron chi connectivity index (χ3n) is 4.22. The van der Waals surface area contributed by atoms with Crippen molar-refractivity contribution in [2.75, 3.05) is 34.3 Å². The third-order valence-corrected chi connectivity index (χ3v) is 4.22. The van der Waals surface area contributed by atoms with Gasteiger partial charge in [0.25, 0.3) is 0 Å². The van der Waals surface area contributed by atoms with Crippen LogP contribution < -0.4 is 0 Å². The Morgan fingerprint density at radius 3 is 2.04 bits per heavy atom. The lowest BCUT2D eigenvalue weighted by atomic mass is 10.1. The highest BCUT2D eigenvalue weighted by Gasteiger charge is 2.21. The second-order valence-corrected chi connectivity index (χ2v) is 8.11. The van der Waals surface area contributed by atoms with Gasteiger partial charge in [-0.25, -0.2) is 0 Å². The SMILES string of the molecule is CCCCCCCCCCC/C=C/CO[C@H](CC(=O)O)C[N+](C)(C)C. The molecule has 0 aliphatic rings. The van der Waals surface area contributed by atoms with Crippen molar-refractivity contribution in [3.05, 3.63) is 12.2 Å². The van der Waals surface area contributed by atoms with Gasteiger partial charge >= 0.3 is 5.97 Å². The first kappa shape index (κ1) is 24.1. The van der Waals surface area contributed by atoms with Gasteiger partial charge in [0.2, 0.25) is 0 Å². The maximum Gasteiger partial charge on any atom is 0.306 e. The molecule has 0 saturated heterocycles.